The summed E-state index contributed by atoms with van der Waals surface area (Å²) < 4.78 is 11.6. The molecule has 5 nitrogen and oxygen atoms in total. The molecule has 1 aromatic carbocycles. The summed E-state index contributed by atoms with van der Waals surface area (Å²) in [5.74, 6) is 1.67. The lowest BCUT2D eigenvalue weighted by atomic mass is 10.1. The lowest BCUT2D eigenvalue weighted by Crippen LogP contribution is -2.41. The largest absolute Gasteiger partial charge is 0.491 e. The lowest BCUT2D eigenvalue weighted by molar-refractivity contribution is 0.0258. The van der Waals surface area contributed by atoms with Gasteiger partial charge in [-0.15, -0.1) is 0 Å². The number of para-hydroxylation sites is 1. The first-order valence-electron chi connectivity index (χ1n) is 7.73. The highest BCUT2D eigenvalue weighted by atomic mass is 16.5. The van der Waals surface area contributed by atoms with Crippen molar-refractivity contribution in [3.63, 3.8) is 0 Å². The Kier molecular flexibility index (Phi) is 5.21. The van der Waals surface area contributed by atoms with Crippen molar-refractivity contribution in [3.8, 4) is 5.75 Å². The predicted octanol–water partition coefficient (Wildman–Crippen LogP) is 2.54. The van der Waals surface area contributed by atoms with Gasteiger partial charge in [0.15, 0.2) is 0 Å². The van der Waals surface area contributed by atoms with Gasteiger partial charge in [-0.3, -0.25) is 0 Å². The second-order valence-corrected chi connectivity index (χ2v) is 5.29. The van der Waals surface area contributed by atoms with E-state index in [1.165, 1.54) is 0 Å². The number of anilines is 1. The predicted molar refractivity (Wildman–Crippen MR) is 85.2 cm³/mol. The Morgan fingerprint density at radius 1 is 1.05 bits per heavy atom. The fourth-order valence-electron chi connectivity index (χ4n) is 2.60. The Morgan fingerprint density at radius 3 is 2.68 bits per heavy atom. The van der Waals surface area contributed by atoms with E-state index in [4.69, 9.17) is 9.47 Å². The molecule has 0 saturated carbocycles. The highest BCUT2D eigenvalue weighted by Gasteiger charge is 2.21. The minimum atomic E-state index is 0.219. The van der Waals surface area contributed by atoms with Crippen molar-refractivity contribution in [3.05, 3.63) is 48.8 Å². The van der Waals surface area contributed by atoms with Gasteiger partial charge in [0, 0.05) is 25.5 Å². The van der Waals surface area contributed by atoms with E-state index in [1.54, 1.807) is 12.4 Å². The third-order valence-electron chi connectivity index (χ3n) is 3.66. The number of benzene rings is 1. The first-order chi connectivity index (χ1) is 10.9. The summed E-state index contributed by atoms with van der Waals surface area (Å²) in [7, 11) is 0. The number of hydrogen-bond donors (Lipinski definition) is 0. The molecule has 1 atom stereocenters. The molecule has 0 radical (unpaired) electrons. The van der Waals surface area contributed by atoms with Crippen LogP contribution in [0, 0.1) is 0 Å². The van der Waals surface area contributed by atoms with Crippen LogP contribution >= 0.6 is 0 Å². The quantitative estimate of drug-likeness (QED) is 0.767. The van der Waals surface area contributed by atoms with Gasteiger partial charge in [0.25, 0.3) is 0 Å². The monoisotopic (exact) mass is 299 g/mol. The lowest BCUT2D eigenvalue weighted by Gasteiger charge is -2.32. The van der Waals surface area contributed by atoms with Gasteiger partial charge in [-0.1, -0.05) is 18.2 Å². The summed E-state index contributed by atoms with van der Waals surface area (Å²) in [6.07, 6.45) is 5.95. The first kappa shape index (κ1) is 14.8. The topological polar surface area (TPSA) is 47.5 Å². The fraction of sp³-hybridized carbons (Fsp3) is 0.412. The van der Waals surface area contributed by atoms with Crippen LogP contribution in [-0.2, 0) is 4.74 Å². The van der Waals surface area contributed by atoms with E-state index >= 15 is 0 Å². The second kappa shape index (κ2) is 7.75. The number of rotatable bonds is 6. The smallest absolute Gasteiger partial charge is 0.225 e. The molecule has 2 aromatic rings. The van der Waals surface area contributed by atoms with Crippen molar-refractivity contribution in [1.82, 2.24) is 9.97 Å². The van der Waals surface area contributed by atoms with Gasteiger partial charge in [0.05, 0.1) is 12.7 Å². The zero-order valence-corrected chi connectivity index (χ0v) is 12.6. The van der Waals surface area contributed by atoms with Crippen molar-refractivity contribution in [2.75, 3.05) is 31.2 Å². The summed E-state index contributed by atoms with van der Waals surface area (Å²) in [6.45, 7) is 3.01. The molecule has 0 unspecified atom stereocenters. The molecule has 1 aliphatic rings. The summed E-state index contributed by atoms with van der Waals surface area (Å²) in [5.41, 5.74) is 0. The minimum Gasteiger partial charge on any atom is -0.491 e. The van der Waals surface area contributed by atoms with Crippen LogP contribution in [0.5, 0.6) is 5.75 Å². The molecule has 1 aromatic heterocycles. The van der Waals surface area contributed by atoms with Gasteiger partial charge in [0.2, 0.25) is 5.95 Å². The Bertz CT molecular complexity index is 550. The zero-order valence-electron chi connectivity index (χ0n) is 12.6. The Balaban J connectivity index is 1.41. The zero-order chi connectivity index (χ0) is 15.0. The van der Waals surface area contributed by atoms with Gasteiger partial charge < -0.3 is 14.4 Å². The van der Waals surface area contributed by atoms with E-state index in [1.807, 2.05) is 36.4 Å². The van der Waals surface area contributed by atoms with Crippen LogP contribution in [0.1, 0.15) is 12.8 Å². The number of aromatic nitrogens is 2. The minimum absolute atomic E-state index is 0.219. The number of ether oxygens (including phenoxy) is 2. The van der Waals surface area contributed by atoms with Gasteiger partial charge in [-0.25, -0.2) is 9.97 Å². The number of hydrogen-bond acceptors (Lipinski definition) is 5. The molecule has 1 saturated heterocycles. The van der Waals surface area contributed by atoms with Gasteiger partial charge in [-0.2, -0.15) is 0 Å². The summed E-state index contributed by atoms with van der Waals surface area (Å²) in [4.78, 5) is 10.8. The molecule has 0 bridgehead atoms. The molecule has 0 N–H and O–H groups in total. The molecule has 1 aliphatic heterocycles. The normalized spacial score (nSPS) is 18.2. The molecular weight excluding hydrogens is 278 g/mol. The number of nitrogens with zero attached hydrogens (tertiary/aromatic N) is 3. The van der Waals surface area contributed by atoms with E-state index < -0.39 is 0 Å². The van der Waals surface area contributed by atoms with Crippen LogP contribution in [-0.4, -0.2) is 42.4 Å². The van der Waals surface area contributed by atoms with Crippen LogP contribution in [0.15, 0.2) is 48.8 Å². The highest BCUT2D eigenvalue weighted by molar-refractivity contribution is 5.29. The van der Waals surface area contributed by atoms with Crippen LogP contribution in [0.3, 0.4) is 0 Å². The molecule has 3 rings (SSSR count). The molecule has 22 heavy (non-hydrogen) atoms. The standard InChI is InChI=1S/C17H21N3O2/c1-2-6-15(7-3-1)21-12-13-22-16-8-4-11-20(14-16)17-18-9-5-10-19-17/h1-3,5-7,9-10,16H,4,8,11-14H2/t16-/m1/s1. The fourth-order valence-corrected chi connectivity index (χ4v) is 2.60. The van der Waals surface area contributed by atoms with Gasteiger partial charge >= 0.3 is 0 Å². The van der Waals surface area contributed by atoms with E-state index in [0.29, 0.717) is 13.2 Å². The van der Waals surface area contributed by atoms with Gasteiger partial charge in [0.1, 0.15) is 12.4 Å². The van der Waals surface area contributed by atoms with Crippen molar-refractivity contribution in [2.45, 2.75) is 18.9 Å². The summed E-state index contributed by atoms with van der Waals surface area (Å²) >= 11 is 0. The van der Waals surface area contributed by atoms with Crippen LogP contribution in [0.2, 0.25) is 0 Å². The van der Waals surface area contributed by atoms with Gasteiger partial charge in [-0.05, 0) is 31.0 Å². The molecule has 0 amide bonds. The van der Waals surface area contributed by atoms with E-state index in [9.17, 15) is 0 Å². The maximum atomic E-state index is 5.93. The average molecular weight is 299 g/mol. The third kappa shape index (κ3) is 4.18. The van der Waals surface area contributed by atoms with Crippen molar-refractivity contribution < 1.29 is 9.47 Å². The molecule has 116 valence electrons. The molecule has 5 heteroatoms. The molecular formula is C17H21N3O2. The molecule has 0 aliphatic carbocycles. The summed E-state index contributed by atoms with van der Waals surface area (Å²) in [5, 5.41) is 0. The van der Waals surface area contributed by atoms with E-state index in [2.05, 4.69) is 14.9 Å². The third-order valence-corrected chi connectivity index (χ3v) is 3.66. The van der Waals surface area contributed by atoms with Crippen molar-refractivity contribution in [2.24, 2.45) is 0 Å². The first-order valence-corrected chi connectivity index (χ1v) is 7.73. The molecule has 2 heterocycles. The highest BCUT2D eigenvalue weighted by Crippen LogP contribution is 2.17. The second-order valence-electron chi connectivity index (χ2n) is 5.29. The Hall–Kier alpha value is -2.14. The molecule has 0 spiro atoms. The average Bonchev–Trinajstić information content (AvgIpc) is 2.61. The van der Waals surface area contributed by atoms with E-state index in [0.717, 1.165) is 37.6 Å². The van der Waals surface area contributed by atoms with Crippen molar-refractivity contribution in [1.29, 1.82) is 0 Å². The number of piperidine rings is 1. The maximum absolute atomic E-state index is 5.93. The van der Waals surface area contributed by atoms with Crippen LogP contribution in [0.25, 0.3) is 0 Å². The Labute approximate surface area is 130 Å². The molecule has 1 fully saturated rings. The summed E-state index contributed by atoms with van der Waals surface area (Å²) in [6, 6.07) is 11.7. The SMILES string of the molecule is c1ccc(OCCO[C@@H]2CCCN(c3ncccn3)C2)cc1. The van der Waals surface area contributed by atoms with Crippen LogP contribution < -0.4 is 9.64 Å². The van der Waals surface area contributed by atoms with E-state index in [-0.39, 0.29) is 6.10 Å². The van der Waals surface area contributed by atoms with Crippen molar-refractivity contribution >= 4 is 5.95 Å². The van der Waals surface area contributed by atoms with Crippen LogP contribution in [0.4, 0.5) is 5.95 Å². The maximum Gasteiger partial charge on any atom is 0.225 e. The Morgan fingerprint density at radius 2 is 1.86 bits per heavy atom.